The summed E-state index contributed by atoms with van der Waals surface area (Å²) in [5, 5.41) is 0.834. The largest absolute Gasteiger partial charge is 0.457 e. The molecule has 0 aliphatic rings. The summed E-state index contributed by atoms with van der Waals surface area (Å²) in [5.74, 6) is -0.633. The summed E-state index contributed by atoms with van der Waals surface area (Å²) in [6, 6.07) is 16.9. The molecule has 0 fully saturated rings. The molecule has 0 bridgehead atoms. The smallest absolute Gasteiger partial charge is 0.316 e. The van der Waals surface area contributed by atoms with Crippen LogP contribution in [-0.4, -0.2) is 23.3 Å². The number of ether oxygens (including phenoxy) is 1. The van der Waals surface area contributed by atoms with Gasteiger partial charge in [-0.15, -0.1) is 0 Å². The Hall–Kier alpha value is -2.88. The van der Waals surface area contributed by atoms with E-state index in [4.69, 9.17) is 4.74 Å². The molecule has 0 aliphatic carbocycles. The lowest BCUT2D eigenvalue weighted by Gasteiger charge is -2.22. The number of ketones is 1. The summed E-state index contributed by atoms with van der Waals surface area (Å²) in [5.41, 5.74) is 1.48. The Morgan fingerprint density at radius 1 is 1.00 bits per heavy atom. The number of carbonyl (C=O) groups is 2. The molecule has 4 heteroatoms. The van der Waals surface area contributed by atoms with Gasteiger partial charge in [0.1, 0.15) is 0 Å². The third-order valence-electron chi connectivity index (χ3n) is 4.23. The van der Waals surface area contributed by atoms with Crippen LogP contribution in [0.5, 0.6) is 0 Å². The minimum Gasteiger partial charge on any atom is -0.457 e. The van der Waals surface area contributed by atoms with E-state index in [0.29, 0.717) is 5.56 Å². The fraction of sp³-hybridized carbons (Fsp3) is 0.200. The van der Waals surface area contributed by atoms with E-state index in [0.717, 1.165) is 16.5 Å². The number of Topliss-reactive ketones (excluding diaryl/α,β-unsaturated/α-hetero) is 1. The quantitative estimate of drug-likeness (QED) is 0.573. The minimum atomic E-state index is -0.804. The summed E-state index contributed by atoms with van der Waals surface area (Å²) in [6.07, 6.45) is 1.66. The van der Waals surface area contributed by atoms with Crippen LogP contribution in [0.4, 0.5) is 0 Å². The molecule has 0 saturated heterocycles. The second-order valence-corrected chi connectivity index (χ2v) is 6.24. The zero-order valence-corrected chi connectivity index (χ0v) is 13.7. The van der Waals surface area contributed by atoms with Gasteiger partial charge in [-0.25, -0.2) is 0 Å². The van der Waals surface area contributed by atoms with Gasteiger partial charge in [-0.1, -0.05) is 48.5 Å². The van der Waals surface area contributed by atoms with Crippen LogP contribution in [0, 0.1) is 0 Å². The third-order valence-corrected chi connectivity index (χ3v) is 4.23. The van der Waals surface area contributed by atoms with E-state index in [1.54, 1.807) is 20.0 Å². The van der Waals surface area contributed by atoms with Gasteiger partial charge in [-0.2, -0.15) is 0 Å². The number of aromatic nitrogens is 1. The van der Waals surface area contributed by atoms with Gasteiger partial charge < -0.3 is 9.72 Å². The molecule has 24 heavy (non-hydrogen) atoms. The number of esters is 1. The normalized spacial score (nSPS) is 11.4. The van der Waals surface area contributed by atoms with Crippen molar-refractivity contribution in [3.05, 3.63) is 71.9 Å². The predicted octanol–water partition coefficient (Wildman–Crippen LogP) is 3.87. The van der Waals surface area contributed by atoms with Crippen molar-refractivity contribution < 1.29 is 14.3 Å². The average molecular weight is 321 g/mol. The minimum absolute atomic E-state index is 0.218. The maximum atomic E-state index is 12.4. The van der Waals surface area contributed by atoms with Crippen molar-refractivity contribution in [3.8, 4) is 0 Å². The Labute approximate surface area is 140 Å². The number of hydrogen-bond donors (Lipinski definition) is 1. The number of carbonyl (C=O) groups excluding carboxylic acids is 2. The highest BCUT2D eigenvalue weighted by Crippen LogP contribution is 2.25. The van der Waals surface area contributed by atoms with Crippen molar-refractivity contribution in [2.24, 2.45) is 0 Å². The fourth-order valence-corrected chi connectivity index (χ4v) is 2.66. The molecule has 0 radical (unpaired) electrons. The number of para-hydroxylation sites is 1. The van der Waals surface area contributed by atoms with Crippen LogP contribution < -0.4 is 0 Å². The Balaban J connectivity index is 1.71. The molecule has 3 rings (SSSR count). The van der Waals surface area contributed by atoms with Crippen molar-refractivity contribution in [1.82, 2.24) is 4.98 Å². The Morgan fingerprint density at radius 2 is 1.67 bits per heavy atom. The Morgan fingerprint density at radius 3 is 2.42 bits per heavy atom. The topological polar surface area (TPSA) is 59.2 Å². The van der Waals surface area contributed by atoms with Gasteiger partial charge >= 0.3 is 5.97 Å². The van der Waals surface area contributed by atoms with Crippen molar-refractivity contribution >= 4 is 22.7 Å². The van der Waals surface area contributed by atoms with Crippen LogP contribution in [0.1, 0.15) is 29.8 Å². The molecule has 0 aliphatic heterocycles. The molecule has 122 valence electrons. The molecular formula is C20H19NO3. The Bertz CT molecular complexity index is 878. The van der Waals surface area contributed by atoms with Crippen molar-refractivity contribution in [1.29, 1.82) is 0 Å². The predicted molar refractivity (Wildman–Crippen MR) is 93.1 cm³/mol. The lowest BCUT2D eigenvalue weighted by Crippen LogP contribution is -2.32. The fourth-order valence-electron chi connectivity index (χ4n) is 2.66. The first-order valence-electron chi connectivity index (χ1n) is 7.82. The number of hydrogen-bond acceptors (Lipinski definition) is 3. The first-order chi connectivity index (χ1) is 11.5. The molecule has 0 atom stereocenters. The molecule has 0 amide bonds. The van der Waals surface area contributed by atoms with E-state index in [-0.39, 0.29) is 12.4 Å². The zero-order chi connectivity index (χ0) is 17.2. The average Bonchev–Trinajstić information content (AvgIpc) is 3.04. The lowest BCUT2D eigenvalue weighted by molar-refractivity contribution is -0.148. The molecule has 1 N–H and O–H groups in total. The SMILES string of the molecule is CC(C)(C(=O)OCC(=O)c1c[nH]c2ccccc12)c1ccccc1. The molecule has 2 aromatic carbocycles. The first kappa shape index (κ1) is 16.0. The van der Waals surface area contributed by atoms with E-state index in [1.807, 2.05) is 54.6 Å². The monoisotopic (exact) mass is 321 g/mol. The lowest BCUT2D eigenvalue weighted by atomic mass is 9.85. The first-order valence-corrected chi connectivity index (χ1v) is 7.82. The van der Waals surface area contributed by atoms with Gasteiger partial charge in [0.2, 0.25) is 5.78 Å². The summed E-state index contributed by atoms with van der Waals surface area (Å²) in [7, 11) is 0. The van der Waals surface area contributed by atoms with E-state index in [9.17, 15) is 9.59 Å². The number of fused-ring (bicyclic) bond motifs is 1. The molecule has 0 saturated carbocycles. The van der Waals surface area contributed by atoms with Crippen LogP contribution >= 0.6 is 0 Å². The van der Waals surface area contributed by atoms with E-state index in [2.05, 4.69) is 4.98 Å². The number of H-pyrrole nitrogens is 1. The molecule has 3 aromatic rings. The van der Waals surface area contributed by atoms with Crippen LogP contribution in [0.15, 0.2) is 60.8 Å². The van der Waals surface area contributed by atoms with Gasteiger partial charge in [-0.3, -0.25) is 9.59 Å². The summed E-state index contributed by atoms with van der Waals surface area (Å²) >= 11 is 0. The van der Waals surface area contributed by atoms with Gasteiger partial charge in [0, 0.05) is 22.7 Å². The van der Waals surface area contributed by atoms with Crippen molar-refractivity contribution in [2.45, 2.75) is 19.3 Å². The molecule has 0 unspecified atom stereocenters. The maximum Gasteiger partial charge on any atom is 0.316 e. The highest BCUT2D eigenvalue weighted by Gasteiger charge is 2.32. The maximum absolute atomic E-state index is 12.4. The van der Waals surface area contributed by atoms with E-state index in [1.165, 1.54) is 0 Å². The zero-order valence-electron chi connectivity index (χ0n) is 13.7. The van der Waals surface area contributed by atoms with E-state index >= 15 is 0 Å². The number of aromatic amines is 1. The molecule has 1 aromatic heterocycles. The second-order valence-electron chi connectivity index (χ2n) is 6.24. The molecular weight excluding hydrogens is 302 g/mol. The summed E-state index contributed by atoms with van der Waals surface area (Å²) in [4.78, 5) is 27.9. The van der Waals surface area contributed by atoms with Crippen LogP contribution in [0.25, 0.3) is 10.9 Å². The number of rotatable bonds is 5. The van der Waals surface area contributed by atoms with Crippen LogP contribution in [-0.2, 0) is 14.9 Å². The molecule has 4 nitrogen and oxygen atoms in total. The molecule has 0 spiro atoms. The van der Waals surface area contributed by atoms with Gasteiger partial charge in [0.05, 0.1) is 5.41 Å². The third kappa shape index (κ3) is 2.95. The van der Waals surface area contributed by atoms with Crippen molar-refractivity contribution in [3.63, 3.8) is 0 Å². The summed E-state index contributed by atoms with van der Waals surface area (Å²) in [6.45, 7) is 3.32. The van der Waals surface area contributed by atoms with E-state index < -0.39 is 11.4 Å². The Kier molecular flexibility index (Phi) is 4.21. The van der Waals surface area contributed by atoms with Crippen LogP contribution in [0.3, 0.4) is 0 Å². The highest BCUT2D eigenvalue weighted by molar-refractivity contribution is 6.08. The van der Waals surface area contributed by atoms with Crippen LogP contribution in [0.2, 0.25) is 0 Å². The molecule has 1 heterocycles. The van der Waals surface area contributed by atoms with Gasteiger partial charge in [-0.05, 0) is 25.5 Å². The number of nitrogens with one attached hydrogen (secondary N) is 1. The standard InChI is InChI=1S/C20H19NO3/c1-20(2,14-8-4-3-5-9-14)19(23)24-13-18(22)16-12-21-17-11-7-6-10-15(16)17/h3-12,21H,13H2,1-2H3. The van der Waals surface area contributed by atoms with Crippen molar-refractivity contribution in [2.75, 3.05) is 6.61 Å². The second kappa shape index (κ2) is 6.32. The van der Waals surface area contributed by atoms with Gasteiger partial charge in [0.25, 0.3) is 0 Å². The number of benzene rings is 2. The van der Waals surface area contributed by atoms with Gasteiger partial charge in [0.15, 0.2) is 6.61 Å². The summed E-state index contributed by atoms with van der Waals surface area (Å²) < 4.78 is 5.29. The highest BCUT2D eigenvalue weighted by atomic mass is 16.5.